The molecule has 0 N–H and O–H groups in total. The van der Waals surface area contributed by atoms with E-state index in [0.717, 1.165) is 12.0 Å². The molecule has 4 rings (SSSR count). The Morgan fingerprint density at radius 3 is 3.11 bits per heavy atom. The molecule has 0 radical (unpaired) electrons. The second kappa shape index (κ2) is 3.99. The summed E-state index contributed by atoms with van der Waals surface area (Å²) in [7, 11) is 0. The fourth-order valence-electron chi connectivity index (χ4n) is 4.32. The van der Waals surface area contributed by atoms with Crippen molar-refractivity contribution < 1.29 is 0 Å². The van der Waals surface area contributed by atoms with Crippen LogP contribution in [0.25, 0.3) is 0 Å². The van der Waals surface area contributed by atoms with Gasteiger partial charge in [-0.25, -0.2) is 0 Å². The molecule has 0 saturated carbocycles. The molecule has 18 heavy (non-hydrogen) atoms. The Balaban J connectivity index is 1.78. The average molecular weight is 242 g/mol. The highest BCUT2D eigenvalue weighted by Gasteiger charge is 2.43. The largest absolute Gasteiger partial charge is 0.367 e. The third-order valence-electron chi connectivity index (χ3n) is 5.19. The fourth-order valence-corrected chi connectivity index (χ4v) is 4.32. The number of fused-ring (bicyclic) bond motifs is 3. The molecule has 2 heteroatoms. The standard InChI is InChI=1S/C16H22N2/c1-2-17-10-8-15-14(11-17)13-7-3-5-12-6-4-9-18(15)16(12)13/h3,5,7,14-15H,2,4,6,8-11H2,1H3/t14-,15-/m0/s1. The predicted molar refractivity (Wildman–Crippen MR) is 75.4 cm³/mol. The summed E-state index contributed by atoms with van der Waals surface area (Å²) in [5, 5.41) is 0. The summed E-state index contributed by atoms with van der Waals surface area (Å²) >= 11 is 0. The normalized spacial score (nSPS) is 30.2. The van der Waals surface area contributed by atoms with Crippen LogP contribution in [0.5, 0.6) is 0 Å². The molecule has 0 aromatic heterocycles. The van der Waals surface area contributed by atoms with Crippen LogP contribution in [-0.2, 0) is 6.42 Å². The van der Waals surface area contributed by atoms with E-state index in [9.17, 15) is 0 Å². The summed E-state index contributed by atoms with van der Waals surface area (Å²) in [5.74, 6) is 0.770. The summed E-state index contributed by atoms with van der Waals surface area (Å²) in [4.78, 5) is 5.37. The van der Waals surface area contributed by atoms with Gasteiger partial charge in [-0.1, -0.05) is 25.1 Å². The first-order chi connectivity index (χ1) is 8.88. The minimum Gasteiger partial charge on any atom is -0.367 e. The van der Waals surface area contributed by atoms with Crippen molar-refractivity contribution in [3.63, 3.8) is 0 Å². The zero-order valence-electron chi connectivity index (χ0n) is 11.2. The smallest absolute Gasteiger partial charge is 0.0438 e. The molecule has 0 unspecified atom stereocenters. The number of anilines is 1. The monoisotopic (exact) mass is 242 g/mol. The topological polar surface area (TPSA) is 6.48 Å². The van der Waals surface area contributed by atoms with Crippen molar-refractivity contribution in [1.29, 1.82) is 0 Å². The van der Waals surface area contributed by atoms with E-state index in [1.165, 1.54) is 45.4 Å². The maximum atomic E-state index is 2.74. The maximum absolute atomic E-state index is 2.74. The molecule has 3 heterocycles. The molecule has 0 amide bonds. The second-order valence-electron chi connectivity index (χ2n) is 6.01. The Morgan fingerprint density at radius 2 is 2.22 bits per heavy atom. The molecule has 0 bridgehead atoms. The molecular weight excluding hydrogens is 220 g/mol. The Morgan fingerprint density at radius 1 is 1.28 bits per heavy atom. The number of hydrogen-bond acceptors (Lipinski definition) is 2. The summed E-state index contributed by atoms with van der Waals surface area (Å²) in [6.07, 6.45) is 3.99. The number of para-hydroxylation sites is 1. The van der Waals surface area contributed by atoms with Gasteiger partial charge in [0, 0.05) is 37.3 Å². The zero-order valence-corrected chi connectivity index (χ0v) is 11.2. The van der Waals surface area contributed by atoms with Crippen molar-refractivity contribution in [2.24, 2.45) is 0 Å². The van der Waals surface area contributed by atoms with Crippen molar-refractivity contribution >= 4 is 5.69 Å². The van der Waals surface area contributed by atoms with Crippen LogP contribution >= 0.6 is 0 Å². The van der Waals surface area contributed by atoms with E-state index in [1.807, 2.05) is 0 Å². The number of nitrogens with zero attached hydrogens (tertiary/aromatic N) is 2. The van der Waals surface area contributed by atoms with Crippen LogP contribution in [0.2, 0.25) is 0 Å². The van der Waals surface area contributed by atoms with Crippen molar-refractivity contribution in [3.8, 4) is 0 Å². The molecular formula is C16H22N2. The summed E-state index contributed by atoms with van der Waals surface area (Å²) < 4.78 is 0. The van der Waals surface area contributed by atoms with E-state index in [1.54, 1.807) is 16.8 Å². The lowest BCUT2D eigenvalue weighted by molar-refractivity contribution is 0.202. The van der Waals surface area contributed by atoms with Gasteiger partial charge in [-0.05, 0) is 36.9 Å². The van der Waals surface area contributed by atoms with Crippen LogP contribution in [-0.4, -0.2) is 37.1 Å². The summed E-state index contributed by atoms with van der Waals surface area (Å²) in [6, 6.07) is 7.82. The van der Waals surface area contributed by atoms with E-state index in [2.05, 4.69) is 34.9 Å². The van der Waals surface area contributed by atoms with Crippen molar-refractivity contribution in [3.05, 3.63) is 29.3 Å². The predicted octanol–water partition coefficient (Wildman–Crippen LogP) is 2.63. The average Bonchev–Trinajstić information content (AvgIpc) is 2.76. The van der Waals surface area contributed by atoms with E-state index in [4.69, 9.17) is 0 Å². The van der Waals surface area contributed by atoms with Crippen molar-refractivity contribution in [2.45, 2.75) is 38.1 Å². The van der Waals surface area contributed by atoms with E-state index < -0.39 is 0 Å². The van der Waals surface area contributed by atoms with Gasteiger partial charge in [-0.3, -0.25) is 0 Å². The molecule has 1 saturated heterocycles. The lowest BCUT2D eigenvalue weighted by Gasteiger charge is -2.39. The molecule has 3 aliphatic rings. The Hall–Kier alpha value is -1.02. The second-order valence-corrected chi connectivity index (χ2v) is 6.01. The van der Waals surface area contributed by atoms with Crippen LogP contribution in [0, 0.1) is 0 Å². The lowest BCUT2D eigenvalue weighted by atomic mass is 9.89. The highest BCUT2D eigenvalue weighted by Crippen LogP contribution is 2.48. The van der Waals surface area contributed by atoms with E-state index >= 15 is 0 Å². The highest BCUT2D eigenvalue weighted by atomic mass is 15.2. The van der Waals surface area contributed by atoms with Gasteiger partial charge in [0.2, 0.25) is 0 Å². The molecule has 3 aliphatic heterocycles. The van der Waals surface area contributed by atoms with Crippen molar-refractivity contribution in [2.75, 3.05) is 31.1 Å². The van der Waals surface area contributed by atoms with Gasteiger partial charge in [0.1, 0.15) is 0 Å². The first-order valence-corrected chi connectivity index (χ1v) is 7.49. The first kappa shape index (κ1) is 10.9. The van der Waals surface area contributed by atoms with Crippen LogP contribution in [0.4, 0.5) is 5.69 Å². The Kier molecular flexibility index (Phi) is 2.41. The molecule has 0 aliphatic carbocycles. The van der Waals surface area contributed by atoms with Gasteiger partial charge in [-0.2, -0.15) is 0 Å². The van der Waals surface area contributed by atoms with Crippen LogP contribution in [0.15, 0.2) is 18.2 Å². The number of likely N-dealkylation sites (tertiary alicyclic amines) is 1. The fraction of sp³-hybridized carbons (Fsp3) is 0.625. The number of rotatable bonds is 1. The third-order valence-corrected chi connectivity index (χ3v) is 5.19. The summed E-state index contributed by atoms with van der Waals surface area (Å²) in [6.45, 7) is 7.35. The molecule has 1 aromatic carbocycles. The highest BCUT2D eigenvalue weighted by molar-refractivity contribution is 5.68. The first-order valence-electron chi connectivity index (χ1n) is 7.49. The van der Waals surface area contributed by atoms with Gasteiger partial charge < -0.3 is 9.80 Å². The molecule has 2 nitrogen and oxygen atoms in total. The van der Waals surface area contributed by atoms with Crippen LogP contribution in [0.1, 0.15) is 36.8 Å². The Labute approximate surface area is 110 Å². The Bertz CT molecular complexity index is 468. The summed E-state index contributed by atoms with van der Waals surface area (Å²) in [5.41, 5.74) is 4.88. The van der Waals surface area contributed by atoms with Gasteiger partial charge >= 0.3 is 0 Å². The number of hydrogen-bond donors (Lipinski definition) is 0. The SMILES string of the molecule is CCN1CC[C@H]2[C@@H](C1)c1cccc3c1N2CCC3. The van der Waals surface area contributed by atoms with Crippen molar-refractivity contribution in [1.82, 2.24) is 4.90 Å². The molecule has 2 atom stereocenters. The number of piperidine rings is 1. The van der Waals surface area contributed by atoms with Gasteiger partial charge in [0.15, 0.2) is 0 Å². The lowest BCUT2D eigenvalue weighted by Crippen LogP contribution is -2.47. The van der Waals surface area contributed by atoms with E-state index in [-0.39, 0.29) is 0 Å². The minimum atomic E-state index is 0.770. The molecule has 96 valence electrons. The maximum Gasteiger partial charge on any atom is 0.0438 e. The number of aryl methyl sites for hydroxylation is 1. The number of likely N-dealkylation sites (N-methyl/N-ethyl adjacent to an activating group) is 1. The van der Waals surface area contributed by atoms with E-state index in [0.29, 0.717) is 0 Å². The molecule has 1 fully saturated rings. The molecule has 1 aromatic rings. The van der Waals surface area contributed by atoms with Gasteiger partial charge in [0.05, 0.1) is 0 Å². The van der Waals surface area contributed by atoms with Gasteiger partial charge in [-0.15, -0.1) is 0 Å². The minimum absolute atomic E-state index is 0.770. The van der Waals surface area contributed by atoms with Crippen LogP contribution < -0.4 is 4.90 Å². The van der Waals surface area contributed by atoms with Gasteiger partial charge in [0.25, 0.3) is 0 Å². The zero-order chi connectivity index (χ0) is 12.1. The van der Waals surface area contributed by atoms with Crippen LogP contribution in [0.3, 0.4) is 0 Å². The quantitative estimate of drug-likeness (QED) is 0.747. The number of benzene rings is 1. The third kappa shape index (κ3) is 1.38. The molecule has 0 spiro atoms.